The smallest absolute Gasteiger partial charge is 0.254 e. The summed E-state index contributed by atoms with van der Waals surface area (Å²) >= 11 is 0. The van der Waals surface area contributed by atoms with Gasteiger partial charge in [0.2, 0.25) is 0 Å². The molecular weight excluding hydrogens is 379 g/mol. The molecule has 1 unspecified atom stereocenters. The minimum Gasteiger partial charge on any atom is -0.329 e. The second kappa shape index (κ2) is 8.16. The first-order valence-corrected chi connectivity index (χ1v) is 9.83. The van der Waals surface area contributed by atoms with Gasteiger partial charge in [0.1, 0.15) is 5.82 Å². The Bertz CT molecular complexity index is 888. The zero-order valence-electron chi connectivity index (χ0n) is 14.2. The van der Waals surface area contributed by atoms with Crippen LogP contribution in [0.15, 0.2) is 53.4 Å². The fourth-order valence-corrected chi connectivity index (χ4v) is 3.60. The predicted octanol–water partition coefficient (Wildman–Crippen LogP) is 2.44. The van der Waals surface area contributed by atoms with Crippen LogP contribution in [0.2, 0.25) is 0 Å². The molecule has 1 aliphatic heterocycles. The average Bonchev–Trinajstić information content (AvgIpc) is 2.60. The number of hydrogen-bond donors (Lipinski definition) is 1. The number of carbonyl (C=O) groups is 1. The topological polar surface area (TPSA) is 66.5 Å². The molecule has 0 radical (unpaired) electrons. The summed E-state index contributed by atoms with van der Waals surface area (Å²) in [5.74, 6) is -0.538. The van der Waals surface area contributed by atoms with Gasteiger partial charge in [-0.1, -0.05) is 12.1 Å². The lowest BCUT2D eigenvalue weighted by molar-refractivity contribution is 0.0634. The number of benzene rings is 2. The van der Waals surface area contributed by atoms with Gasteiger partial charge in [0, 0.05) is 31.5 Å². The molecule has 1 aliphatic rings. The summed E-state index contributed by atoms with van der Waals surface area (Å²) in [4.78, 5) is 14.8. The van der Waals surface area contributed by atoms with Crippen LogP contribution >= 0.6 is 12.4 Å². The number of hydrogen-bond acceptors (Lipinski definition) is 4. The van der Waals surface area contributed by atoms with Gasteiger partial charge in [-0.3, -0.25) is 4.79 Å². The Hall–Kier alpha value is -1.96. The van der Waals surface area contributed by atoms with Gasteiger partial charge in [0.15, 0.2) is 9.84 Å². The summed E-state index contributed by atoms with van der Waals surface area (Å²) in [6, 6.07) is 11.9. The lowest BCUT2D eigenvalue weighted by atomic mass is 10.0. The summed E-state index contributed by atoms with van der Waals surface area (Å²) in [5.41, 5.74) is 1.14. The van der Waals surface area contributed by atoms with Gasteiger partial charge < -0.3 is 10.2 Å². The maximum absolute atomic E-state index is 13.5. The molecule has 0 bridgehead atoms. The Balaban J connectivity index is 0.00000243. The van der Waals surface area contributed by atoms with E-state index >= 15 is 0 Å². The van der Waals surface area contributed by atoms with Crippen molar-refractivity contribution in [2.45, 2.75) is 10.9 Å². The Labute approximate surface area is 158 Å². The van der Waals surface area contributed by atoms with Crippen molar-refractivity contribution < 1.29 is 17.6 Å². The highest BCUT2D eigenvalue weighted by atomic mass is 35.5. The molecule has 0 aliphatic carbocycles. The molecule has 1 atom stereocenters. The van der Waals surface area contributed by atoms with E-state index in [-0.39, 0.29) is 35.1 Å². The van der Waals surface area contributed by atoms with Crippen molar-refractivity contribution in [2.24, 2.45) is 0 Å². The van der Waals surface area contributed by atoms with Crippen LogP contribution in [0.5, 0.6) is 0 Å². The molecule has 2 aromatic rings. The quantitative estimate of drug-likeness (QED) is 0.862. The van der Waals surface area contributed by atoms with Gasteiger partial charge in [-0.15, -0.1) is 12.4 Å². The molecule has 8 heteroatoms. The van der Waals surface area contributed by atoms with Gasteiger partial charge in [-0.05, 0) is 42.0 Å². The van der Waals surface area contributed by atoms with Crippen LogP contribution in [0.3, 0.4) is 0 Å². The van der Waals surface area contributed by atoms with Gasteiger partial charge in [0.05, 0.1) is 10.9 Å². The fourth-order valence-electron chi connectivity index (χ4n) is 2.97. The number of halogens is 2. The van der Waals surface area contributed by atoms with E-state index in [4.69, 9.17) is 0 Å². The van der Waals surface area contributed by atoms with Gasteiger partial charge in [-0.25, -0.2) is 12.8 Å². The first-order chi connectivity index (χ1) is 11.9. The van der Waals surface area contributed by atoms with E-state index in [2.05, 4.69) is 5.32 Å². The van der Waals surface area contributed by atoms with Gasteiger partial charge in [0.25, 0.3) is 5.91 Å². The number of carbonyl (C=O) groups excluding carboxylic acids is 1. The zero-order chi connectivity index (χ0) is 18.0. The number of rotatable bonds is 3. The number of sulfone groups is 1. The van der Waals surface area contributed by atoms with Crippen LogP contribution in [0.4, 0.5) is 4.39 Å². The molecule has 1 fully saturated rings. The van der Waals surface area contributed by atoms with Crippen molar-refractivity contribution >= 4 is 28.2 Å². The second-order valence-corrected chi connectivity index (χ2v) is 8.09. The summed E-state index contributed by atoms with van der Waals surface area (Å²) in [5, 5.41) is 3.22. The molecule has 140 valence electrons. The molecule has 1 N–H and O–H groups in total. The highest BCUT2D eigenvalue weighted by molar-refractivity contribution is 7.90. The Kier molecular flexibility index (Phi) is 6.39. The van der Waals surface area contributed by atoms with Crippen molar-refractivity contribution in [3.8, 4) is 0 Å². The Morgan fingerprint density at radius 3 is 2.50 bits per heavy atom. The highest BCUT2D eigenvalue weighted by Crippen LogP contribution is 2.25. The molecule has 1 saturated heterocycles. The first-order valence-electron chi connectivity index (χ1n) is 7.93. The van der Waals surface area contributed by atoms with Crippen LogP contribution < -0.4 is 5.32 Å². The second-order valence-electron chi connectivity index (χ2n) is 6.07. The standard InChI is InChI=1S/C18H19FN2O3S.ClH/c1-25(23,24)16-7-5-13(6-8-16)18(22)21-10-9-20-12-17(21)14-3-2-4-15(19)11-14;/h2-8,11,17,20H,9-10,12H2,1H3;1H. The predicted molar refractivity (Wildman–Crippen MR) is 99.8 cm³/mol. The summed E-state index contributed by atoms with van der Waals surface area (Å²) in [7, 11) is -3.31. The fraction of sp³-hybridized carbons (Fsp3) is 0.278. The maximum atomic E-state index is 13.5. The first kappa shape index (κ1) is 20.4. The van der Waals surface area contributed by atoms with Crippen LogP contribution in [0.25, 0.3) is 0 Å². The van der Waals surface area contributed by atoms with Crippen molar-refractivity contribution in [2.75, 3.05) is 25.9 Å². The number of amides is 1. The van der Waals surface area contributed by atoms with Crippen LogP contribution in [-0.2, 0) is 9.84 Å². The monoisotopic (exact) mass is 398 g/mol. The van der Waals surface area contributed by atoms with E-state index in [1.54, 1.807) is 17.0 Å². The SMILES string of the molecule is CS(=O)(=O)c1ccc(C(=O)N2CCNCC2c2cccc(F)c2)cc1.Cl. The lowest BCUT2D eigenvalue weighted by Gasteiger charge is -2.36. The van der Waals surface area contributed by atoms with E-state index in [0.717, 1.165) is 11.8 Å². The zero-order valence-corrected chi connectivity index (χ0v) is 15.8. The summed E-state index contributed by atoms with van der Waals surface area (Å²) in [6.07, 6.45) is 1.13. The minimum atomic E-state index is -3.31. The van der Waals surface area contributed by atoms with Crippen LogP contribution in [-0.4, -0.2) is 45.1 Å². The lowest BCUT2D eigenvalue weighted by Crippen LogP contribution is -2.48. The third-order valence-corrected chi connectivity index (χ3v) is 5.40. The summed E-state index contributed by atoms with van der Waals surface area (Å²) < 4.78 is 36.6. The van der Waals surface area contributed by atoms with Crippen molar-refractivity contribution in [3.63, 3.8) is 0 Å². The average molecular weight is 399 g/mol. The van der Waals surface area contributed by atoms with E-state index in [1.165, 1.54) is 36.4 Å². The molecular formula is C18H20ClFN2O3S. The molecule has 1 heterocycles. The Morgan fingerprint density at radius 1 is 1.19 bits per heavy atom. The van der Waals surface area contributed by atoms with E-state index in [0.29, 0.717) is 25.2 Å². The third-order valence-electron chi connectivity index (χ3n) is 4.27. The molecule has 26 heavy (non-hydrogen) atoms. The van der Waals surface area contributed by atoms with Crippen molar-refractivity contribution in [3.05, 3.63) is 65.5 Å². The Morgan fingerprint density at radius 2 is 1.88 bits per heavy atom. The molecule has 1 amide bonds. The van der Waals surface area contributed by atoms with Crippen LogP contribution in [0.1, 0.15) is 22.0 Å². The number of nitrogens with one attached hydrogen (secondary N) is 1. The third kappa shape index (κ3) is 4.41. The molecule has 3 rings (SSSR count). The summed E-state index contributed by atoms with van der Waals surface area (Å²) in [6.45, 7) is 1.68. The molecule has 0 saturated carbocycles. The molecule has 0 aromatic heterocycles. The molecule has 5 nitrogen and oxygen atoms in total. The largest absolute Gasteiger partial charge is 0.329 e. The van der Waals surface area contributed by atoms with Gasteiger partial charge >= 0.3 is 0 Å². The van der Waals surface area contributed by atoms with E-state index < -0.39 is 9.84 Å². The van der Waals surface area contributed by atoms with Crippen molar-refractivity contribution in [1.29, 1.82) is 0 Å². The van der Waals surface area contributed by atoms with Crippen LogP contribution in [0, 0.1) is 5.82 Å². The minimum absolute atomic E-state index is 0. The molecule has 2 aromatic carbocycles. The molecule has 0 spiro atoms. The maximum Gasteiger partial charge on any atom is 0.254 e. The normalized spacial score (nSPS) is 17.5. The van der Waals surface area contributed by atoms with Gasteiger partial charge in [-0.2, -0.15) is 0 Å². The van der Waals surface area contributed by atoms with Crippen molar-refractivity contribution in [1.82, 2.24) is 10.2 Å². The van der Waals surface area contributed by atoms with E-state index in [9.17, 15) is 17.6 Å². The van der Waals surface area contributed by atoms with E-state index in [1.807, 2.05) is 0 Å². The number of nitrogens with zero attached hydrogens (tertiary/aromatic N) is 1. The highest BCUT2D eigenvalue weighted by Gasteiger charge is 2.29. The number of piperazine rings is 1.